The van der Waals surface area contributed by atoms with E-state index in [1.165, 1.54) is 289 Å². The Labute approximate surface area is 512 Å². The minimum absolute atomic E-state index is 0.0757. The highest BCUT2D eigenvalue weighted by atomic mass is 16.6. The van der Waals surface area contributed by atoms with Gasteiger partial charge in [-0.25, -0.2) is 0 Å². The molecule has 0 aliphatic heterocycles. The first-order valence-corrected chi connectivity index (χ1v) is 37.0. The number of unbranched alkanes of at least 4 members (excludes halogenated alkanes) is 52. The van der Waals surface area contributed by atoms with Gasteiger partial charge in [-0.2, -0.15) is 0 Å². The molecule has 0 rings (SSSR count). The number of ether oxygens (including phenoxy) is 3. The van der Waals surface area contributed by atoms with Crippen molar-refractivity contribution >= 4 is 17.9 Å². The number of allylic oxidation sites excluding steroid dienone is 6. The van der Waals surface area contributed by atoms with Crippen molar-refractivity contribution in [2.45, 2.75) is 419 Å². The number of carbonyl (C=O) groups is 3. The van der Waals surface area contributed by atoms with Crippen LogP contribution in [0.4, 0.5) is 0 Å². The van der Waals surface area contributed by atoms with E-state index in [0.717, 1.165) is 83.5 Å². The van der Waals surface area contributed by atoms with E-state index in [1.54, 1.807) is 0 Å². The standard InChI is InChI=1S/C76H142O6/c1-4-7-10-13-16-19-22-25-27-29-31-33-34-35-36-37-38-39-40-41-43-44-46-48-51-54-57-60-63-66-69-75(78)81-72-73(71-80-74(77)68-65-62-59-56-53-50-24-21-18-15-12-9-6-3)82-76(79)70-67-64-61-58-55-52-49-47-45-42-32-30-28-26-23-20-17-14-11-8-5-2/h9,12,18,21,50,53,73H,4-8,10-11,13-17,19-20,22-49,51-52,54-72H2,1-3H3/b12-9-,21-18-,53-50-. The van der Waals surface area contributed by atoms with Gasteiger partial charge in [0.1, 0.15) is 13.2 Å². The van der Waals surface area contributed by atoms with Gasteiger partial charge in [-0.1, -0.05) is 378 Å². The Morgan fingerprint density at radius 2 is 0.476 bits per heavy atom. The molecule has 82 heavy (non-hydrogen) atoms. The fraction of sp³-hybridized carbons (Fsp3) is 0.882. The van der Waals surface area contributed by atoms with Gasteiger partial charge in [0, 0.05) is 19.3 Å². The van der Waals surface area contributed by atoms with Crippen LogP contribution >= 0.6 is 0 Å². The number of rotatable bonds is 69. The van der Waals surface area contributed by atoms with Gasteiger partial charge in [0.15, 0.2) is 6.10 Å². The fourth-order valence-electron chi connectivity index (χ4n) is 11.4. The van der Waals surface area contributed by atoms with Gasteiger partial charge in [0.05, 0.1) is 0 Å². The van der Waals surface area contributed by atoms with Crippen LogP contribution in [-0.4, -0.2) is 37.2 Å². The van der Waals surface area contributed by atoms with Crippen LogP contribution in [-0.2, 0) is 28.6 Å². The summed E-state index contributed by atoms with van der Waals surface area (Å²) in [7, 11) is 0. The highest BCUT2D eigenvalue weighted by Crippen LogP contribution is 2.19. The summed E-state index contributed by atoms with van der Waals surface area (Å²) in [6, 6.07) is 0. The predicted molar refractivity (Wildman–Crippen MR) is 358 cm³/mol. The molecule has 0 fully saturated rings. The zero-order chi connectivity index (χ0) is 59.2. The largest absolute Gasteiger partial charge is 0.462 e. The number of esters is 3. The second-order valence-electron chi connectivity index (χ2n) is 25.2. The second kappa shape index (κ2) is 71.1. The number of hydrogen-bond donors (Lipinski definition) is 0. The van der Waals surface area contributed by atoms with Crippen molar-refractivity contribution in [3.63, 3.8) is 0 Å². The molecule has 0 bridgehead atoms. The van der Waals surface area contributed by atoms with Gasteiger partial charge >= 0.3 is 17.9 Å². The molecule has 1 atom stereocenters. The third-order valence-electron chi connectivity index (χ3n) is 16.9. The number of carbonyl (C=O) groups excluding carboxylic acids is 3. The van der Waals surface area contributed by atoms with E-state index < -0.39 is 6.10 Å². The molecule has 6 nitrogen and oxygen atoms in total. The van der Waals surface area contributed by atoms with Crippen LogP contribution in [0, 0.1) is 0 Å². The van der Waals surface area contributed by atoms with E-state index in [-0.39, 0.29) is 31.1 Å². The lowest BCUT2D eigenvalue weighted by Gasteiger charge is -2.18. The lowest BCUT2D eigenvalue weighted by Crippen LogP contribution is -2.30. The van der Waals surface area contributed by atoms with E-state index in [1.807, 2.05) is 0 Å². The molecule has 0 aromatic heterocycles. The molecule has 0 aromatic rings. The van der Waals surface area contributed by atoms with E-state index in [0.29, 0.717) is 19.3 Å². The highest BCUT2D eigenvalue weighted by Gasteiger charge is 2.19. The van der Waals surface area contributed by atoms with Crippen LogP contribution in [0.25, 0.3) is 0 Å². The van der Waals surface area contributed by atoms with Gasteiger partial charge in [-0.15, -0.1) is 0 Å². The molecular formula is C76H142O6. The Kier molecular flexibility index (Phi) is 69.1. The van der Waals surface area contributed by atoms with Crippen molar-refractivity contribution in [2.24, 2.45) is 0 Å². The normalized spacial score (nSPS) is 12.2. The molecule has 0 N–H and O–H groups in total. The molecule has 482 valence electrons. The average molecular weight is 1150 g/mol. The van der Waals surface area contributed by atoms with Crippen molar-refractivity contribution < 1.29 is 28.6 Å². The van der Waals surface area contributed by atoms with E-state index >= 15 is 0 Å². The Bertz CT molecular complexity index is 1370. The van der Waals surface area contributed by atoms with E-state index in [4.69, 9.17) is 14.2 Å². The van der Waals surface area contributed by atoms with Crippen molar-refractivity contribution in [3.8, 4) is 0 Å². The minimum Gasteiger partial charge on any atom is -0.462 e. The maximum Gasteiger partial charge on any atom is 0.306 e. The summed E-state index contributed by atoms with van der Waals surface area (Å²) in [5.74, 6) is -0.875. The zero-order valence-corrected chi connectivity index (χ0v) is 55.5. The van der Waals surface area contributed by atoms with Crippen molar-refractivity contribution in [2.75, 3.05) is 13.2 Å². The third-order valence-corrected chi connectivity index (χ3v) is 16.9. The lowest BCUT2D eigenvalue weighted by molar-refractivity contribution is -0.167. The smallest absolute Gasteiger partial charge is 0.306 e. The Morgan fingerprint density at radius 3 is 0.744 bits per heavy atom. The fourth-order valence-corrected chi connectivity index (χ4v) is 11.4. The molecule has 0 saturated carbocycles. The van der Waals surface area contributed by atoms with Crippen LogP contribution in [0.2, 0.25) is 0 Å². The molecule has 6 heteroatoms. The van der Waals surface area contributed by atoms with Gasteiger partial charge in [-0.3, -0.25) is 14.4 Å². The molecule has 0 radical (unpaired) electrons. The van der Waals surface area contributed by atoms with Crippen LogP contribution in [0.3, 0.4) is 0 Å². The van der Waals surface area contributed by atoms with E-state index in [9.17, 15) is 14.4 Å². The average Bonchev–Trinajstić information content (AvgIpc) is 3.47. The Balaban J connectivity index is 4.16. The monoisotopic (exact) mass is 1150 g/mol. The Hall–Kier alpha value is -2.37. The van der Waals surface area contributed by atoms with Gasteiger partial charge in [0.25, 0.3) is 0 Å². The first-order chi connectivity index (χ1) is 40.5. The molecule has 0 amide bonds. The summed E-state index contributed by atoms with van der Waals surface area (Å²) in [6.45, 7) is 6.59. The lowest BCUT2D eigenvalue weighted by atomic mass is 10.0. The molecule has 1 unspecified atom stereocenters. The summed E-state index contributed by atoms with van der Waals surface area (Å²) in [4.78, 5) is 38.4. The van der Waals surface area contributed by atoms with Gasteiger partial charge in [-0.05, 0) is 51.4 Å². The minimum atomic E-state index is -0.782. The molecular weight excluding hydrogens is 1010 g/mol. The highest BCUT2D eigenvalue weighted by molar-refractivity contribution is 5.71. The molecule has 0 aromatic carbocycles. The first kappa shape index (κ1) is 79.6. The van der Waals surface area contributed by atoms with Crippen LogP contribution in [0.15, 0.2) is 36.5 Å². The predicted octanol–water partition coefficient (Wildman–Crippen LogP) is 25.5. The summed E-state index contributed by atoms with van der Waals surface area (Å²) in [5.41, 5.74) is 0. The first-order valence-electron chi connectivity index (χ1n) is 37.0. The number of hydrogen-bond acceptors (Lipinski definition) is 6. The zero-order valence-electron chi connectivity index (χ0n) is 55.5. The summed E-state index contributed by atoms with van der Waals surface area (Å²) in [5, 5.41) is 0. The van der Waals surface area contributed by atoms with Gasteiger partial charge < -0.3 is 14.2 Å². The van der Waals surface area contributed by atoms with E-state index in [2.05, 4.69) is 57.2 Å². The van der Waals surface area contributed by atoms with Crippen molar-refractivity contribution in [1.82, 2.24) is 0 Å². The molecule has 0 heterocycles. The molecule has 0 aliphatic carbocycles. The van der Waals surface area contributed by atoms with Crippen LogP contribution in [0.5, 0.6) is 0 Å². The maximum atomic E-state index is 13.0. The molecule has 0 aliphatic rings. The summed E-state index contributed by atoms with van der Waals surface area (Å²) in [6.07, 6.45) is 89.2. The SMILES string of the molecule is CC/C=C\C/C=C\C/C=C\CCCCCC(=O)OCC(COC(=O)CCCCCCCCCCCCCCCCCCCCCCCCCCCCCCCC)OC(=O)CCCCCCCCCCCCCCCCCCCCCCC. The van der Waals surface area contributed by atoms with Crippen molar-refractivity contribution in [1.29, 1.82) is 0 Å². The van der Waals surface area contributed by atoms with Crippen LogP contribution < -0.4 is 0 Å². The summed E-state index contributed by atoms with van der Waals surface area (Å²) < 4.78 is 17.0. The maximum absolute atomic E-state index is 13.0. The Morgan fingerprint density at radius 1 is 0.256 bits per heavy atom. The second-order valence-corrected chi connectivity index (χ2v) is 25.2. The third kappa shape index (κ3) is 68.4. The van der Waals surface area contributed by atoms with Gasteiger partial charge in [0.2, 0.25) is 0 Å². The summed E-state index contributed by atoms with van der Waals surface area (Å²) >= 11 is 0. The topological polar surface area (TPSA) is 78.9 Å². The molecule has 0 spiro atoms. The quantitative estimate of drug-likeness (QED) is 0.0261. The molecule has 0 saturated heterocycles. The van der Waals surface area contributed by atoms with Crippen LogP contribution in [0.1, 0.15) is 412 Å². The van der Waals surface area contributed by atoms with Crippen molar-refractivity contribution in [3.05, 3.63) is 36.5 Å².